The molecular weight excluding hydrogens is 156 g/mol. The van der Waals surface area contributed by atoms with Crippen LogP contribution in [0.3, 0.4) is 0 Å². The van der Waals surface area contributed by atoms with Crippen LogP contribution >= 0.6 is 0 Å². The van der Waals surface area contributed by atoms with Crippen LogP contribution in [-0.2, 0) is 9.47 Å². The summed E-state index contributed by atoms with van der Waals surface area (Å²) in [5, 5.41) is 8.32. The standard InChI is InChI=1S/C9H16O3/c1-8(2)4-11-5-9(3)6-12-7-10/h5,10H,1,4,6-7H2,2-3H3. The highest BCUT2D eigenvalue weighted by atomic mass is 16.6. The van der Waals surface area contributed by atoms with E-state index in [-0.39, 0.29) is 6.79 Å². The van der Waals surface area contributed by atoms with E-state index in [2.05, 4.69) is 6.58 Å². The van der Waals surface area contributed by atoms with E-state index in [4.69, 9.17) is 14.6 Å². The number of aliphatic hydroxyl groups excluding tert-OH is 1. The van der Waals surface area contributed by atoms with Crippen molar-refractivity contribution in [2.45, 2.75) is 13.8 Å². The normalized spacial score (nSPS) is 11.4. The summed E-state index contributed by atoms with van der Waals surface area (Å²) in [6.45, 7) is 8.12. The highest BCUT2D eigenvalue weighted by molar-refractivity contribution is 4.95. The first-order chi connectivity index (χ1) is 5.66. The minimum Gasteiger partial charge on any atom is -0.497 e. The van der Waals surface area contributed by atoms with Crippen molar-refractivity contribution in [2.24, 2.45) is 0 Å². The summed E-state index contributed by atoms with van der Waals surface area (Å²) >= 11 is 0. The predicted molar refractivity (Wildman–Crippen MR) is 47.6 cm³/mol. The molecule has 0 aromatic carbocycles. The maximum absolute atomic E-state index is 8.32. The van der Waals surface area contributed by atoms with Crippen LogP contribution in [0.2, 0.25) is 0 Å². The van der Waals surface area contributed by atoms with Crippen molar-refractivity contribution in [2.75, 3.05) is 20.0 Å². The van der Waals surface area contributed by atoms with Gasteiger partial charge in [0, 0.05) is 0 Å². The van der Waals surface area contributed by atoms with E-state index in [1.807, 2.05) is 13.8 Å². The molecule has 0 aromatic heterocycles. The van der Waals surface area contributed by atoms with Gasteiger partial charge in [-0.2, -0.15) is 0 Å². The van der Waals surface area contributed by atoms with Crippen molar-refractivity contribution < 1.29 is 14.6 Å². The molecule has 0 saturated carbocycles. The van der Waals surface area contributed by atoms with Crippen molar-refractivity contribution >= 4 is 0 Å². The second-order valence-electron chi connectivity index (χ2n) is 2.71. The van der Waals surface area contributed by atoms with E-state index in [0.29, 0.717) is 13.2 Å². The molecule has 0 aromatic rings. The first-order valence-corrected chi connectivity index (χ1v) is 3.77. The molecule has 12 heavy (non-hydrogen) atoms. The van der Waals surface area contributed by atoms with Crippen LogP contribution < -0.4 is 0 Å². The first kappa shape index (κ1) is 11.2. The molecule has 0 amide bonds. The van der Waals surface area contributed by atoms with Crippen molar-refractivity contribution in [3.8, 4) is 0 Å². The lowest BCUT2D eigenvalue weighted by Crippen LogP contribution is -1.97. The van der Waals surface area contributed by atoms with E-state index < -0.39 is 0 Å². The second-order valence-corrected chi connectivity index (χ2v) is 2.71. The van der Waals surface area contributed by atoms with Crippen molar-refractivity contribution in [1.29, 1.82) is 0 Å². The molecule has 0 unspecified atom stereocenters. The number of aliphatic hydroxyl groups is 1. The molecule has 0 saturated heterocycles. The fourth-order valence-electron chi connectivity index (χ4n) is 0.567. The monoisotopic (exact) mass is 172 g/mol. The molecular formula is C9H16O3. The molecule has 0 aliphatic carbocycles. The van der Waals surface area contributed by atoms with E-state index in [9.17, 15) is 0 Å². The minimum absolute atomic E-state index is 0.258. The van der Waals surface area contributed by atoms with E-state index in [1.54, 1.807) is 6.26 Å². The lowest BCUT2D eigenvalue weighted by molar-refractivity contribution is 0.00926. The Labute approximate surface area is 73.3 Å². The number of hydrogen-bond donors (Lipinski definition) is 1. The van der Waals surface area contributed by atoms with Gasteiger partial charge in [0.05, 0.1) is 12.9 Å². The van der Waals surface area contributed by atoms with Crippen LogP contribution in [0, 0.1) is 0 Å². The van der Waals surface area contributed by atoms with Crippen LogP contribution in [0.4, 0.5) is 0 Å². The molecule has 3 nitrogen and oxygen atoms in total. The van der Waals surface area contributed by atoms with Crippen LogP contribution in [0.15, 0.2) is 24.0 Å². The molecule has 0 spiro atoms. The molecule has 0 heterocycles. The largest absolute Gasteiger partial charge is 0.497 e. The molecule has 0 fully saturated rings. The Morgan fingerprint density at radius 1 is 1.42 bits per heavy atom. The Balaban J connectivity index is 3.47. The SMILES string of the molecule is C=C(C)COC=C(C)COCO. The van der Waals surface area contributed by atoms with Gasteiger partial charge in [-0.25, -0.2) is 0 Å². The summed E-state index contributed by atoms with van der Waals surface area (Å²) in [5.74, 6) is 0. The van der Waals surface area contributed by atoms with Gasteiger partial charge >= 0.3 is 0 Å². The fourth-order valence-corrected chi connectivity index (χ4v) is 0.567. The Morgan fingerprint density at radius 2 is 2.08 bits per heavy atom. The molecule has 3 heteroatoms. The molecule has 0 aliphatic heterocycles. The van der Waals surface area contributed by atoms with Crippen LogP contribution in [0.1, 0.15) is 13.8 Å². The first-order valence-electron chi connectivity index (χ1n) is 3.77. The quantitative estimate of drug-likeness (QED) is 0.374. The van der Waals surface area contributed by atoms with Crippen molar-refractivity contribution in [3.63, 3.8) is 0 Å². The third kappa shape index (κ3) is 7.31. The van der Waals surface area contributed by atoms with Gasteiger partial charge in [-0.3, -0.25) is 0 Å². The highest BCUT2D eigenvalue weighted by Crippen LogP contribution is 1.96. The Kier molecular flexibility index (Phi) is 6.42. The summed E-state index contributed by atoms with van der Waals surface area (Å²) in [7, 11) is 0. The van der Waals surface area contributed by atoms with Gasteiger partial charge in [0.25, 0.3) is 0 Å². The fraction of sp³-hybridized carbons (Fsp3) is 0.556. The molecule has 0 bridgehead atoms. The van der Waals surface area contributed by atoms with Gasteiger partial charge in [0.1, 0.15) is 13.4 Å². The zero-order valence-corrected chi connectivity index (χ0v) is 7.67. The third-order valence-corrected chi connectivity index (χ3v) is 1.04. The zero-order chi connectivity index (χ0) is 9.40. The maximum Gasteiger partial charge on any atom is 0.143 e. The van der Waals surface area contributed by atoms with E-state index in [1.165, 1.54) is 0 Å². The van der Waals surface area contributed by atoms with Crippen molar-refractivity contribution in [3.05, 3.63) is 24.0 Å². The van der Waals surface area contributed by atoms with Gasteiger partial charge in [-0.1, -0.05) is 6.58 Å². The maximum atomic E-state index is 8.32. The Hall–Kier alpha value is -0.800. The summed E-state index contributed by atoms with van der Waals surface area (Å²) in [5.41, 5.74) is 1.91. The van der Waals surface area contributed by atoms with Crippen LogP contribution in [-0.4, -0.2) is 25.1 Å². The van der Waals surface area contributed by atoms with Gasteiger partial charge < -0.3 is 14.6 Å². The summed E-state index contributed by atoms with van der Waals surface area (Å²) in [6, 6.07) is 0. The van der Waals surface area contributed by atoms with E-state index in [0.717, 1.165) is 11.1 Å². The third-order valence-electron chi connectivity index (χ3n) is 1.04. The Bertz CT molecular complexity index is 161. The summed E-state index contributed by atoms with van der Waals surface area (Å²) < 4.78 is 9.87. The molecule has 70 valence electrons. The highest BCUT2D eigenvalue weighted by Gasteiger charge is 1.89. The zero-order valence-electron chi connectivity index (χ0n) is 7.67. The topological polar surface area (TPSA) is 38.7 Å². The van der Waals surface area contributed by atoms with Gasteiger partial charge in [0.15, 0.2) is 0 Å². The minimum atomic E-state index is -0.258. The number of ether oxygens (including phenoxy) is 2. The second kappa shape index (κ2) is 6.88. The van der Waals surface area contributed by atoms with Gasteiger partial charge in [-0.15, -0.1) is 0 Å². The van der Waals surface area contributed by atoms with Crippen molar-refractivity contribution in [1.82, 2.24) is 0 Å². The van der Waals surface area contributed by atoms with Gasteiger partial charge in [-0.05, 0) is 25.0 Å². The smallest absolute Gasteiger partial charge is 0.143 e. The van der Waals surface area contributed by atoms with Gasteiger partial charge in [0.2, 0.25) is 0 Å². The summed E-state index contributed by atoms with van der Waals surface area (Å²) in [4.78, 5) is 0. The molecule has 0 rings (SSSR count). The van der Waals surface area contributed by atoms with Crippen LogP contribution in [0.5, 0.6) is 0 Å². The molecule has 1 N–H and O–H groups in total. The van der Waals surface area contributed by atoms with E-state index >= 15 is 0 Å². The Morgan fingerprint density at radius 3 is 2.58 bits per heavy atom. The predicted octanol–water partition coefficient (Wildman–Crippen LogP) is 1.45. The number of hydrogen-bond acceptors (Lipinski definition) is 3. The molecule has 0 aliphatic rings. The molecule has 0 radical (unpaired) electrons. The lowest BCUT2D eigenvalue weighted by atomic mass is 10.3. The van der Waals surface area contributed by atoms with Crippen LogP contribution in [0.25, 0.3) is 0 Å². The lowest BCUT2D eigenvalue weighted by Gasteiger charge is -2.02. The molecule has 0 atom stereocenters. The average molecular weight is 172 g/mol. The average Bonchev–Trinajstić information content (AvgIpc) is 2.00. The number of rotatable bonds is 6. The summed E-state index contributed by atoms with van der Waals surface area (Å²) in [6.07, 6.45) is 1.62.